The Labute approximate surface area is 95.8 Å². The predicted octanol–water partition coefficient (Wildman–Crippen LogP) is 1.98. The Kier molecular flexibility index (Phi) is 4.13. The van der Waals surface area contributed by atoms with E-state index in [2.05, 4.69) is 38.1 Å². The summed E-state index contributed by atoms with van der Waals surface area (Å²) in [6.07, 6.45) is 1.54. The Bertz CT molecular complexity index is 435. The van der Waals surface area contributed by atoms with Gasteiger partial charge in [-0.15, -0.1) is 5.92 Å². The summed E-state index contributed by atoms with van der Waals surface area (Å²) in [7, 11) is 0. The van der Waals surface area contributed by atoms with Crippen LogP contribution in [0.2, 0.25) is 0 Å². The first kappa shape index (κ1) is 11.5. The van der Waals surface area contributed by atoms with Gasteiger partial charge in [-0.1, -0.05) is 5.92 Å². The van der Waals surface area contributed by atoms with E-state index >= 15 is 0 Å². The largest absolute Gasteiger partial charge is 0.478 e. The lowest BCUT2D eigenvalue weighted by Gasteiger charge is -2.05. The molecule has 0 aromatic carbocycles. The number of nitrogens with zero attached hydrogens (tertiary/aromatic N) is 1. The van der Waals surface area contributed by atoms with Crippen LogP contribution in [0, 0.1) is 11.8 Å². The van der Waals surface area contributed by atoms with E-state index in [1.165, 1.54) is 12.3 Å². The zero-order chi connectivity index (χ0) is 11.3. The van der Waals surface area contributed by atoms with Crippen molar-refractivity contribution >= 4 is 27.7 Å². The van der Waals surface area contributed by atoms with E-state index in [0.29, 0.717) is 16.8 Å². The van der Waals surface area contributed by atoms with Gasteiger partial charge in [-0.05, 0) is 28.9 Å². The van der Waals surface area contributed by atoms with E-state index in [-0.39, 0.29) is 5.56 Å². The molecule has 1 heterocycles. The van der Waals surface area contributed by atoms with Crippen LogP contribution < -0.4 is 5.32 Å². The van der Waals surface area contributed by atoms with Crippen LogP contribution in [-0.2, 0) is 0 Å². The normalized spacial score (nSPS) is 8.93. The second-order valence-electron chi connectivity index (χ2n) is 2.64. The third-order valence-electron chi connectivity index (χ3n) is 1.61. The average molecular weight is 269 g/mol. The molecule has 0 amide bonds. The Morgan fingerprint density at radius 1 is 1.73 bits per heavy atom. The van der Waals surface area contributed by atoms with Crippen LogP contribution in [0.3, 0.4) is 0 Å². The molecule has 4 nitrogen and oxygen atoms in total. The Morgan fingerprint density at radius 2 is 2.47 bits per heavy atom. The fourth-order valence-corrected chi connectivity index (χ4v) is 1.29. The Hall–Kier alpha value is -1.54. The number of halogens is 1. The van der Waals surface area contributed by atoms with Crippen molar-refractivity contribution in [1.29, 1.82) is 0 Å². The summed E-state index contributed by atoms with van der Waals surface area (Å²) in [6, 6.07) is 1.50. The lowest BCUT2D eigenvalue weighted by Crippen LogP contribution is -2.08. The van der Waals surface area contributed by atoms with E-state index in [1.54, 1.807) is 6.92 Å². The highest BCUT2D eigenvalue weighted by atomic mass is 79.9. The van der Waals surface area contributed by atoms with E-state index in [1.807, 2.05) is 0 Å². The van der Waals surface area contributed by atoms with E-state index in [0.717, 1.165) is 0 Å². The monoisotopic (exact) mass is 268 g/mol. The Balaban J connectivity index is 2.94. The third-order valence-corrected chi connectivity index (χ3v) is 2.04. The number of aromatic nitrogens is 1. The maximum atomic E-state index is 10.9. The molecule has 78 valence electrons. The van der Waals surface area contributed by atoms with Crippen molar-refractivity contribution in [2.45, 2.75) is 6.92 Å². The molecule has 0 bridgehead atoms. The summed E-state index contributed by atoms with van der Waals surface area (Å²) >= 11 is 3.16. The molecule has 0 radical (unpaired) electrons. The van der Waals surface area contributed by atoms with Crippen molar-refractivity contribution in [1.82, 2.24) is 4.98 Å². The lowest BCUT2D eigenvalue weighted by atomic mass is 10.2. The highest BCUT2D eigenvalue weighted by molar-refractivity contribution is 9.10. The molecule has 1 aromatic heterocycles. The fraction of sp³-hybridized carbons (Fsp3) is 0.200. The highest BCUT2D eigenvalue weighted by Gasteiger charge is 2.10. The summed E-state index contributed by atoms with van der Waals surface area (Å²) < 4.78 is 0.632. The number of rotatable bonds is 3. The molecule has 1 rings (SSSR count). The molecule has 0 unspecified atom stereocenters. The summed E-state index contributed by atoms with van der Waals surface area (Å²) in [5.74, 6) is 4.78. The van der Waals surface area contributed by atoms with Crippen molar-refractivity contribution in [3.63, 3.8) is 0 Å². The SMILES string of the molecule is CC#CCNc1ncc(Br)cc1C(=O)O. The molecular formula is C10H9BrN2O2. The number of carboxylic acids is 1. The van der Waals surface area contributed by atoms with Gasteiger partial charge in [0.25, 0.3) is 0 Å². The quantitative estimate of drug-likeness (QED) is 0.823. The summed E-state index contributed by atoms with van der Waals surface area (Å²) in [5, 5.41) is 11.7. The van der Waals surface area contributed by atoms with Gasteiger partial charge in [0.15, 0.2) is 0 Å². The molecule has 5 heteroatoms. The highest BCUT2D eigenvalue weighted by Crippen LogP contribution is 2.17. The minimum atomic E-state index is -1.02. The molecule has 0 spiro atoms. The van der Waals surface area contributed by atoms with Gasteiger partial charge in [0.1, 0.15) is 11.4 Å². The van der Waals surface area contributed by atoms with Crippen LogP contribution in [-0.4, -0.2) is 22.6 Å². The maximum absolute atomic E-state index is 10.9. The molecule has 15 heavy (non-hydrogen) atoms. The standard InChI is InChI=1S/C10H9BrN2O2/c1-2-3-4-12-9-8(10(14)15)5-7(11)6-13-9/h5-6H,4H2,1H3,(H,12,13)(H,14,15). The topological polar surface area (TPSA) is 62.2 Å². The van der Waals surface area contributed by atoms with E-state index in [9.17, 15) is 4.79 Å². The summed E-state index contributed by atoms with van der Waals surface area (Å²) in [5.41, 5.74) is 0.127. The summed E-state index contributed by atoms with van der Waals surface area (Å²) in [6.45, 7) is 2.10. The minimum absolute atomic E-state index is 0.127. The molecule has 2 N–H and O–H groups in total. The van der Waals surface area contributed by atoms with Gasteiger partial charge < -0.3 is 10.4 Å². The van der Waals surface area contributed by atoms with Crippen LogP contribution in [0.15, 0.2) is 16.7 Å². The second-order valence-corrected chi connectivity index (χ2v) is 3.55. The van der Waals surface area contributed by atoms with Gasteiger partial charge >= 0.3 is 5.97 Å². The third kappa shape index (κ3) is 3.26. The molecule has 0 aliphatic carbocycles. The van der Waals surface area contributed by atoms with Crippen LogP contribution in [0.5, 0.6) is 0 Å². The average Bonchev–Trinajstić information content (AvgIpc) is 2.20. The first-order chi connectivity index (χ1) is 7.15. The molecule has 0 atom stereocenters. The van der Waals surface area contributed by atoms with Gasteiger partial charge in [-0.2, -0.15) is 0 Å². The van der Waals surface area contributed by atoms with Crippen LogP contribution in [0.4, 0.5) is 5.82 Å². The van der Waals surface area contributed by atoms with Gasteiger partial charge in [0, 0.05) is 10.7 Å². The number of pyridine rings is 1. The van der Waals surface area contributed by atoms with Crippen molar-refractivity contribution in [3.8, 4) is 11.8 Å². The minimum Gasteiger partial charge on any atom is -0.478 e. The van der Waals surface area contributed by atoms with E-state index in [4.69, 9.17) is 5.11 Å². The zero-order valence-electron chi connectivity index (χ0n) is 8.04. The van der Waals surface area contributed by atoms with Crippen molar-refractivity contribution < 1.29 is 9.90 Å². The molecule has 0 fully saturated rings. The smallest absolute Gasteiger partial charge is 0.339 e. The number of hydrogen-bond acceptors (Lipinski definition) is 3. The fourth-order valence-electron chi connectivity index (χ4n) is 0.959. The van der Waals surface area contributed by atoms with Gasteiger partial charge in [0.2, 0.25) is 0 Å². The summed E-state index contributed by atoms with van der Waals surface area (Å²) in [4.78, 5) is 14.8. The maximum Gasteiger partial charge on any atom is 0.339 e. The molecule has 1 aromatic rings. The van der Waals surface area contributed by atoms with Crippen molar-refractivity contribution in [3.05, 3.63) is 22.3 Å². The first-order valence-corrected chi connectivity index (χ1v) is 4.96. The molecular weight excluding hydrogens is 260 g/mol. The molecule has 0 saturated carbocycles. The van der Waals surface area contributed by atoms with E-state index < -0.39 is 5.97 Å². The van der Waals surface area contributed by atoms with Gasteiger partial charge in [-0.3, -0.25) is 0 Å². The van der Waals surface area contributed by atoms with Crippen LogP contribution in [0.1, 0.15) is 17.3 Å². The number of carboxylic acid groups (broad SMARTS) is 1. The molecule has 0 saturated heterocycles. The number of aromatic carboxylic acids is 1. The number of carbonyl (C=O) groups is 1. The van der Waals surface area contributed by atoms with Gasteiger partial charge in [-0.25, -0.2) is 9.78 Å². The zero-order valence-corrected chi connectivity index (χ0v) is 9.63. The lowest BCUT2D eigenvalue weighted by molar-refractivity contribution is 0.0697. The number of hydrogen-bond donors (Lipinski definition) is 2. The number of nitrogens with one attached hydrogen (secondary N) is 1. The van der Waals surface area contributed by atoms with Crippen LogP contribution in [0.25, 0.3) is 0 Å². The van der Waals surface area contributed by atoms with Crippen LogP contribution >= 0.6 is 15.9 Å². The first-order valence-electron chi connectivity index (χ1n) is 4.17. The predicted molar refractivity (Wildman–Crippen MR) is 60.8 cm³/mol. The second kappa shape index (κ2) is 5.37. The van der Waals surface area contributed by atoms with Crippen molar-refractivity contribution in [2.24, 2.45) is 0 Å². The Morgan fingerprint density at radius 3 is 3.07 bits per heavy atom. The molecule has 0 aliphatic rings. The van der Waals surface area contributed by atoms with Gasteiger partial charge in [0.05, 0.1) is 6.54 Å². The van der Waals surface area contributed by atoms with Crippen molar-refractivity contribution in [2.75, 3.05) is 11.9 Å². The number of anilines is 1. The molecule has 0 aliphatic heterocycles.